The number of carbonyl (C=O) groups is 1. The number of rotatable bonds is 4. The summed E-state index contributed by atoms with van der Waals surface area (Å²) in [6.45, 7) is 1.41. The summed E-state index contributed by atoms with van der Waals surface area (Å²) in [6, 6.07) is 3.92. The smallest absolute Gasteiger partial charge is 0.345 e. The molecule has 7 nitrogen and oxygen atoms in total. The van der Waals surface area contributed by atoms with Crippen molar-refractivity contribution in [3.05, 3.63) is 38.7 Å². The van der Waals surface area contributed by atoms with Crippen molar-refractivity contribution in [1.29, 1.82) is 0 Å². The number of nitrogens with one attached hydrogen (secondary N) is 1. The van der Waals surface area contributed by atoms with Gasteiger partial charge in [0.2, 0.25) is 5.91 Å². The van der Waals surface area contributed by atoms with Gasteiger partial charge in [0.25, 0.3) is 0 Å². The predicted molar refractivity (Wildman–Crippen MR) is 76.9 cm³/mol. The fraction of sp³-hybridized carbons (Fsp3) is 0.462. The number of hydrogen-bond donors (Lipinski definition) is 1. The quantitative estimate of drug-likeness (QED) is 0.888. The number of thiophene rings is 1. The first-order valence-electron chi connectivity index (χ1n) is 6.69. The zero-order chi connectivity index (χ0) is 14.8. The Labute approximate surface area is 125 Å². The number of nitrogens with zero attached hydrogens (tertiary/aromatic N) is 3. The van der Waals surface area contributed by atoms with Crippen molar-refractivity contribution in [3.63, 3.8) is 0 Å². The van der Waals surface area contributed by atoms with Gasteiger partial charge in [0.1, 0.15) is 6.10 Å². The highest BCUT2D eigenvalue weighted by Gasteiger charge is 2.27. The van der Waals surface area contributed by atoms with Gasteiger partial charge in [-0.2, -0.15) is 5.10 Å². The van der Waals surface area contributed by atoms with Gasteiger partial charge in [0.15, 0.2) is 5.82 Å². The van der Waals surface area contributed by atoms with Gasteiger partial charge in [0, 0.05) is 11.9 Å². The van der Waals surface area contributed by atoms with Gasteiger partial charge in [-0.05, 0) is 11.4 Å². The molecule has 0 spiro atoms. The van der Waals surface area contributed by atoms with Crippen molar-refractivity contribution in [3.8, 4) is 0 Å². The van der Waals surface area contributed by atoms with Crippen LogP contribution in [0.4, 0.5) is 0 Å². The fourth-order valence-electron chi connectivity index (χ4n) is 2.32. The molecule has 0 bridgehead atoms. The maximum atomic E-state index is 12.0. The molecule has 0 aliphatic carbocycles. The van der Waals surface area contributed by atoms with E-state index in [0.29, 0.717) is 25.5 Å². The molecular formula is C13H16N4O3S. The van der Waals surface area contributed by atoms with Crippen LogP contribution in [0.2, 0.25) is 0 Å². The highest BCUT2D eigenvalue weighted by molar-refractivity contribution is 7.09. The molecule has 1 unspecified atom stereocenters. The Morgan fingerprint density at radius 3 is 3.24 bits per heavy atom. The molecule has 3 heterocycles. The standard InChI is InChI=1S/C13H16N4O3S/c1-16-13(19)17-4-5-20-10(12(17)15-16)7-11(18)14-8-9-3-2-6-21-9/h2-3,6,10H,4-5,7-8H2,1H3,(H,14,18). The lowest BCUT2D eigenvalue weighted by Gasteiger charge is -2.22. The van der Waals surface area contributed by atoms with Crippen LogP contribution in [-0.4, -0.2) is 26.9 Å². The Morgan fingerprint density at radius 2 is 2.48 bits per heavy atom. The number of hydrogen-bond acceptors (Lipinski definition) is 5. The molecule has 8 heteroatoms. The Hall–Kier alpha value is -1.93. The maximum Gasteiger partial charge on any atom is 0.345 e. The molecule has 3 rings (SSSR count). The Bertz CT molecular complexity index is 689. The molecule has 0 aromatic carbocycles. The summed E-state index contributed by atoms with van der Waals surface area (Å²) in [7, 11) is 1.60. The van der Waals surface area contributed by atoms with Gasteiger partial charge in [-0.1, -0.05) is 6.07 Å². The Balaban J connectivity index is 1.65. The number of aromatic nitrogens is 3. The zero-order valence-corrected chi connectivity index (χ0v) is 12.4. The van der Waals surface area contributed by atoms with Crippen LogP contribution in [0.25, 0.3) is 0 Å². The second kappa shape index (κ2) is 5.82. The van der Waals surface area contributed by atoms with Crippen LogP contribution >= 0.6 is 11.3 Å². The Morgan fingerprint density at radius 1 is 1.62 bits per heavy atom. The van der Waals surface area contributed by atoms with Crippen LogP contribution < -0.4 is 11.0 Å². The van der Waals surface area contributed by atoms with Crippen LogP contribution in [0.5, 0.6) is 0 Å². The Kier molecular flexibility index (Phi) is 3.89. The summed E-state index contributed by atoms with van der Waals surface area (Å²) in [5, 5.41) is 8.98. The lowest BCUT2D eigenvalue weighted by atomic mass is 10.2. The molecule has 0 saturated heterocycles. The largest absolute Gasteiger partial charge is 0.368 e. The van der Waals surface area contributed by atoms with Crippen molar-refractivity contribution in [2.24, 2.45) is 7.05 Å². The average molecular weight is 308 g/mol. The third-order valence-electron chi connectivity index (χ3n) is 3.37. The third kappa shape index (κ3) is 2.91. The molecular weight excluding hydrogens is 292 g/mol. The molecule has 21 heavy (non-hydrogen) atoms. The number of aryl methyl sites for hydroxylation is 1. The van der Waals surface area contributed by atoms with Crippen molar-refractivity contribution < 1.29 is 9.53 Å². The highest BCUT2D eigenvalue weighted by Crippen LogP contribution is 2.22. The molecule has 2 aromatic rings. The van der Waals surface area contributed by atoms with Gasteiger partial charge >= 0.3 is 5.69 Å². The van der Waals surface area contributed by atoms with Gasteiger partial charge < -0.3 is 10.1 Å². The normalized spacial score (nSPS) is 17.5. The van der Waals surface area contributed by atoms with Crippen LogP contribution in [-0.2, 0) is 29.7 Å². The van der Waals surface area contributed by atoms with Crippen molar-refractivity contribution in [1.82, 2.24) is 19.7 Å². The lowest BCUT2D eigenvalue weighted by Crippen LogP contribution is -2.32. The summed E-state index contributed by atoms with van der Waals surface area (Å²) in [5.74, 6) is 0.417. The molecule has 0 radical (unpaired) electrons. The van der Waals surface area contributed by atoms with Crippen LogP contribution in [0, 0.1) is 0 Å². The minimum Gasteiger partial charge on any atom is -0.368 e. The van der Waals surface area contributed by atoms with E-state index in [2.05, 4.69) is 10.4 Å². The predicted octanol–water partition coefficient (Wildman–Crippen LogP) is 0.421. The van der Waals surface area contributed by atoms with Gasteiger partial charge in [-0.3, -0.25) is 9.36 Å². The van der Waals surface area contributed by atoms with Gasteiger partial charge in [-0.15, -0.1) is 11.3 Å². The topological polar surface area (TPSA) is 78.2 Å². The molecule has 1 amide bonds. The number of ether oxygens (including phenoxy) is 1. The number of amides is 1. The van der Waals surface area contributed by atoms with Crippen LogP contribution in [0.1, 0.15) is 23.2 Å². The third-order valence-corrected chi connectivity index (χ3v) is 4.25. The first-order valence-corrected chi connectivity index (χ1v) is 7.57. The second-order valence-corrected chi connectivity index (χ2v) is 5.87. The monoisotopic (exact) mass is 308 g/mol. The molecule has 1 aliphatic rings. The zero-order valence-electron chi connectivity index (χ0n) is 11.6. The average Bonchev–Trinajstić information content (AvgIpc) is 3.08. The van der Waals surface area contributed by atoms with Crippen molar-refractivity contribution >= 4 is 17.2 Å². The molecule has 0 saturated carbocycles. The summed E-state index contributed by atoms with van der Waals surface area (Å²) in [5.41, 5.74) is -0.169. The molecule has 1 aliphatic heterocycles. The maximum absolute atomic E-state index is 12.0. The first-order chi connectivity index (χ1) is 10.1. The summed E-state index contributed by atoms with van der Waals surface area (Å²) in [4.78, 5) is 24.9. The van der Waals surface area contributed by atoms with E-state index in [9.17, 15) is 9.59 Å². The minimum atomic E-state index is -0.462. The molecule has 1 N–H and O–H groups in total. The van der Waals surface area contributed by atoms with E-state index < -0.39 is 6.10 Å². The molecule has 112 valence electrons. The SMILES string of the molecule is Cn1nc2n(c1=O)CCOC2CC(=O)NCc1cccs1. The van der Waals surface area contributed by atoms with Crippen LogP contribution in [0.3, 0.4) is 0 Å². The van der Waals surface area contributed by atoms with Crippen molar-refractivity contribution in [2.45, 2.75) is 25.6 Å². The van der Waals surface area contributed by atoms with Gasteiger partial charge in [0.05, 0.1) is 26.1 Å². The van der Waals surface area contributed by atoms with Gasteiger partial charge in [-0.25, -0.2) is 9.48 Å². The molecule has 1 atom stereocenters. The van der Waals surface area contributed by atoms with E-state index in [-0.39, 0.29) is 18.0 Å². The second-order valence-electron chi connectivity index (χ2n) is 4.84. The van der Waals surface area contributed by atoms with E-state index in [0.717, 1.165) is 4.88 Å². The van der Waals surface area contributed by atoms with E-state index in [4.69, 9.17) is 4.74 Å². The number of carbonyl (C=O) groups excluding carboxylic acids is 1. The highest BCUT2D eigenvalue weighted by atomic mass is 32.1. The fourth-order valence-corrected chi connectivity index (χ4v) is 2.97. The minimum absolute atomic E-state index is 0.111. The number of fused-ring (bicyclic) bond motifs is 1. The van der Waals surface area contributed by atoms with E-state index >= 15 is 0 Å². The van der Waals surface area contributed by atoms with Crippen LogP contribution in [0.15, 0.2) is 22.3 Å². The molecule has 0 fully saturated rings. The van der Waals surface area contributed by atoms with E-state index in [1.807, 2.05) is 17.5 Å². The summed E-state index contributed by atoms with van der Waals surface area (Å²) >= 11 is 1.60. The lowest BCUT2D eigenvalue weighted by molar-refractivity contribution is -0.125. The van der Waals surface area contributed by atoms with E-state index in [1.54, 1.807) is 23.0 Å². The summed E-state index contributed by atoms with van der Waals surface area (Å²) < 4.78 is 8.44. The first kappa shape index (κ1) is 14.0. The van der Waals surface area contributed by atoms with E-state index in [1.165, 1.54) is 4.68 Å². The van der Waals surface area contributed by atoms with Crippen molar-refractivity contribution in [2.75, 3.05) is 6.61 Å². The summed E-state index contributed by atoms with van der Waals surface area (Å²) in [6.07, 6.45) is -0.294. The molecule has 2 aromatic heterocycles.